The molecule has 1 aromatic carbocycles. The predicted octanol–water partition coefficient (Wildman–Crippen LogP) is 3.23. The Morgan fingerprint density at radius 1 is 1.29 bits per heavy atom. The lowest BCUT2D eigenvalue weighted by Crippen LogP contribution is -2.32. The van der Waals surface area contributed by atoms with E-state index in [0.717, 1.165) is 17.6 Å². The molecule has 110 valence electrons. The van der Waals surface area contributed by atoms with Crippen LogP contribution in [0.3, 0.4) is 0 Å². The van der Waals surface area contributed by atoms with Crippen molar-refractivity contribution in [1.29, 1.82) is 0 Å². The molecule has 0 amide bonds. The number of carbonyl (C=O) groups is 1. The molecule has 0 N–H and O–H groups in total. The number of methoxy groups -OCH3 is 1. The van der Waals surface area contributed by atoms with Gasteiger partial charge in [-0.15, -0.1) is 6.58 Å². The van der Waals surface area contributed by atoms with E-state index in [1.165, 1.54) is 0 Å². The summed E-state index contributed by atoms with van der Waals surface area (Å²) in [5, 5.41) is 0. The van der Waals surface area contributed by atoms with Crippen molar-refractivity contribution >= 4 is 5.97 Å². The van der Waals surface area contributed by atoms with Gasteiger partial charge >= 0.3 is 5.97 Å². The molecular weight excluding hydrogens is 264 g/mol. The van der Waals surface area contributed by atoms with Gasteiger partial charge in [0.25, 0.3) is 0 Å². The summed E-state index contributed by atoms with van der Waals surface area (Å²) in [6.45, 7) is 3.72. The van der Waals surface area contributed by atoms with Crippen LogP contribution in [-0.4, -0.2) is 25.3 Å². The number of carbonyl (C=O) groups excluding carboxylic acids is 1. The van der Waals surface area contributed by atoms with E-state index in [1.807, 2.05) is 54.6 Å². The van der Waals surface area contributed by atoms with Crippen LogP contribution in [0.5, 0.6) is 0 Å². The van der Waals surface area contributed by atoms with Gasteiger partial charge in [-0.3, -0.25) is 4.79 Å². The molecule has 0 saturated carbocycles. The van der Waals surface area contributed by atoms with Crippen molar-refractivity contribution in [3.05, 3.63) is 72.4 Å². The van der Waals surface area contributed by atoms with Crippen molar-refractivity contribution in [2.24, 2.45) is 0 Å². The van der Waals surface area contributed by atoms with Gasteiger partial charge in [0, 0.05) is 7.11 Å². The fourth-order valence-corrected chi connectivity index (χ4v) is 2.26. The van der Waals surface area contributed by atoms with Crippen LogP contribution in [0.2, 0.25) is 0 Å². The smallest absolute Gasteiger partial charge is 0.310 e. The van der Waals surface area contributed by atoms with E-state index < -0.39 is 0 Å². The molecule has 2 rings (SSSR count). The Balaban J connectivity index is 1.95. The van der Waals surface area contributed by atoms with Gasteiger partial charge < -0.3 is 9.47 Å². The van der Waals surface area contributed by atoms with Gasteiger partial charge in [-0.2, -0.15) is 0 Å². The average molecular weight is 284 g/mol. The molecule has 1 aliphatic carbocycles. The number of benzene rings is 1. The molecule has 2 unspecified atom stereocenters. The van der Waals surface area contributed by atoms with Crippen LogP contribution in [0.1, 0.15) is 12.0 Å². The summed E-state index contributed by atoms with van der Waals surface area (Å²) >= 11 is 0. The maximum Gasteiger partial charge on any atom is 0.310 e. The first kappa shape index (κ1) is 15.3. The Kier molecular flexibility index (Phi) is 5.52. The van der Waals surface area contributed by atoms with Gasteiger partial charge in [0.1, 0.15) is 12.2 Å². The minimum absolute atomic E-state index is 0.246. The molecule has 0 radical (unpaired) electrons. The summed E-state index contributed by atoms with van der Waals surface area (Å²) in [4.78, 5) is 12.0. The zero-order valence-corrected chi connectivity index (χ0v) is 12.2. The summed E-state index contributed by atoms with van der Waals surface area (Å²) < 4.78 is 10.9. The number of esters is 1. The van der Waals surface area contributed by atoms with E-state index in [1.54, 1.807) is 7.11 Å². The van der Waals surface area contributed by atoms with Gasteiger partial charge in [0.15, 0.2) is 0 Å². The fourth-order valence-electron chi connectivity index (χ4n) is 2.26. The molecule has 0 aromatic heterocycles. The quantitative estimate of drug-likeness (QED) is 0.594. The minimum atomic E-state index is -0.375. The van der Waals surface area contributed by atoms with Crippen LogP contribution in [0.4, 0.5) is 0 Å². The van der Waals surface area contributed by atoms with Crippen molar-refractivity contribution < 1.29 is 14.3 Å². The molecule has 1 aliphatic rings. The lowest BCUT2D eigenvalue weighted by molar-refractivity contribution is -0.150. The summed E-state index contributed by atoms with van der Waals surface area (Å²) in [5.41, 5.74) is 2.06. The van der Waals surface area contributed by atoms with Crippen molar-refractivity contribution in [1.82, 2.24) is 0 Å². The van der Waals surface area contributed by atoms with E-state index >= 15 is 0 Å². The molecule has 0 spiro atoms. The third kappa shape index (κ3) is 4.43. The molecule has 0 heterocycles. The van der Waals surface area contributed by atoms with Gasteiger partial charge in [-0.05, 0) is 29.7 Å². The Hall–Kier alpha value is -2.13. The van der Waals surface area contributed by atoms with E-state index in [-0.39, 0.29) is 24.6 Å². The molecule has 3 nitrogen and oxygen atoms in total. The first-order valence-electron chi connectivity index (χ1n) is 6.99. The molecular formula is C18H20O3. The van der Waals surface area contributed by atoms with E-state index in [2.05, 4.69) is 6.58 Å². The summed E-state index contributed by atoms with van der Waals surface area (Å²) in [6.07, 6.45) is 8.07. The van der Waals surface area contributed by atoms with Gasteiger partial charge in [-0.1, -0.05) is 42.5 Å². The number of ether oxygens (including phenoxy) is 2. The van der Waals surface area contributed by atoms with Gasteiger partial charge in [0.2, 0.25) is 0 Å². The zero-order chi connectivity index (χ0) is 15.1. The maximum atomic E-state index is 12.0. The zero-order valence-electron chi connectivity index (χ0n) is 12.2. The molecule has 0 fully saturated rings. The topological polar surface area (TPSA) is 35.5 Å². The lowest BCUT2D eigenvalue weighted by Gasteiger charge is -2.25. The average Bonchev–Trinajstić information content (AvgIpc) is 2.50. The van der Waals surface area contributed by atoms with Gasteiger partial charge in [-0.25, -0.2) is 0 Å². The third-order valence-electron chi connectivity index (χ3n) is 3.31. The number of allylic oxidation sites excluding steroid dienone is 3. The van der Waals surface area contributed by atoms with Crippen LogP contribution >= 0.6 is 0 Å². The molecule has 0 saturated heterocycles. The lowest BCUT2D eigenvalue weighted by atomic mass is 10.00. The Morgan fingerprint density at radius 2 is 2.05 bits per heavy atom. The molecule has 21 heavy (non-hydrogen) atoms. The SMILES string of the molecule is C=CCC1=CC(OC)C(OC(=O)Cc2ccccc2)C=C1. The highest BCUT2D eigenvalue weighted by molar-refractivity contribution is 5.73. The van der Waals surface area contributed by atoms with Crippen LogP contribution in [-0.2, 0) is 20.7 Å². The molecule has 1 aromatic rings. The van der Waals surface area contributed by atoms with Crippen molar-refractivity contribution in [2.45, 2.75) is 25.0 Å². The molecule has 3 heteroatoms. The van der Waals surface area contributed by atoms with Crippen LogP contribution in [0, 0.1) is 0 Å². The molecule has 0 bridgehead atoms. The first-order valence-corrected chi connectivity index (χ1v) is 6.99. The Morgan fingerprint density at radius 3 is 2.71 bits per heavy atom. The highest BCUT2D eigenvalue weighted by atomic mass is 16.6. The number of hydrogen-bond acceptors (Lipinski definition) is 3. The van der Waals surface area contributed by atoms with E-state index in [0.29, 0.717) is 0 Å². The van der Waals surface area contributed by atoms with Crippen LogP contribution < -0.4 is 0 Å². The second kappa shape index (κ2) is 7.60. The third-order valence-corrected chi connectivity index (χ3v) is 3.31. The maximum absolute atomic E-state index is 12.0. The minimum Gasteiger partial charge on any atom is -0.455 e. The summed E-state index contributed by atoms with van der Waals surface area (Å²) in [5.74, 6) is -0.251. The van der Waals surface area contributed by atoms with E-state index in [9.17, 15) is 4.79 Å². The van der Waals surface area contributed by atoms with Gasteiger partial charge in [0.05, 0.1) is 6.42 Å². The Bertz CT molecular complexity index is 543. The second-order valence-corrected chi connectivity index (χ2v) is 4.91. The standard InChI is InChI=1S/C18H20O3/c1-3-7-14-10-11-16(17(12-14)20-2)21-18(19)13-15-8-5-4-6-9-15/h3-6,8-12,16-17H,1,7,13H2,2H3. The molecule has 2 atom stereocenters. The van der Waals surface area contributed by atoms with E-state index in [4.69, 9.17) is 9.47 Å². The van der Waals surface area contributed by atoms with Crippen LogP contribution in [0.15, 0.2) is 66.8 Å². The highest BCUT2D eigenvalue weighted by Gasteiger charge is 2.24. The highest BCUT2D eigenvalue weighted by Crippen LogP contribution is 2.19. The summed E-state index contributed by atoms with van der Waals surface area (Å²) in [7, 11) is 1.61. The number of rotatable bonds is 6. The van der Waals surface area contributed by atoms with Crippen molar-refractivity contribution in [3.8, 4) is 0 Å². The molecule has 0 aliphatic heterocycles. The second-order valence-electron chi connectivity index (χ2n) is 4.91. The first-order chi connectivity index (χ1) is 10.2. The Labute approximate surface area is 125 Å². The van der Waals surface area contributed by atoms with Crippen LogP contribution in [0.25, 0.3) is 0 Å². The normalized spacial score (nSPS) is 20.7. The van der Waals surface area contributed by atoms with Crippen molar-refractivity contribution in [2.75, 3.05) is 7.11 Å². The monoisotopic (exact) mass is 284 g/mol. The fraction of sp³-hybridized carbons (Fsp3) is 0.278. The number of hydrogen-bond donors (Lipinski definition) is 0. The van der Waals surface area contributed by atoms with Crippen molar-refractivity contribution in [3.63, 3.8) is 0 Å². The predicted molar refractivity (Wildman–Crippen MR) is 82.9 cm³/mol. The summed E-state index contributed by atoms with van der Waals surface area (Å²) in [6, 6.07) is 9.56. The largest absolute Gasteiger partial charge is 0.455 e.